The van der Waals surface area contributed by atoms with Crippen LogP contribution in [-0.2, 0) is 9.53 Å². The summed E-state index contributed by atoms with van der Waals surface area (Å²) in [4.78, 5) is 13.6. The van der Waals surface area contributed by atoms with E-state index in [2.05, 4.69) is 17.9 Å². The molecule has 0 spiro atoms. The van der Waals surface area contributed by atoms with E-state index in [-0.39, 0.29) is 11.4 Å². The Hall–Kier alpha value is -1.08. The van der Waals surface area contributed by atoms with Crippen LogP contribution in [0, 0.1) is 16.7 Å². The van der Waals surface area contributed by atoms with Crippen LogP contribution in [0.4, 0.5) is 0 Å². The van der Waals surface area contributed by atoms with E-state index in [4.69, 9.17) is 10.00 Å². The lowest BCUT2D eigenvalue weighted by atomic mass is 9.82. The molecule has 1 aliphatic heterocycles. The number of rotatable bonds is 7. The highest BCUT2D eigenvalue weighted by molar-refractivity contribution is 5.69. The van der Waals surface area contributed by atoms with Gasteiger partial charge in [0, 0.05) is 6.42 Å². The average Bonchev–Trinajstić information content (AvgIpc) is 2.41. The van der Waals surface area contributed by atoms with Crippen LogP contribution < -0.4 is 0 Å². The van der Waals surface area contributed by atoms with Gasteiger partial charge in [0.05, 0.1) is 18.1 Å². The summed E-state index contributed by atoms with van der Waals surface area (Å²) < 4.78 is 4.89. The summed E-state index contributed by atoms with van der Waals surface area (Å²) in [6.45, 7) is 7.52. The summed E-state index contributed by atoms with van der Waals surface area (Å²) in [6.07, 6.45) is 5.62. The number of nitriles is 1. The van der Waals surface area contributed by atoms with Crippen molar-refractivity contribution in [2.24, 2.45) is 5.41 Å². The number of nitrogens with zero attached hydrogens (tertiary/aromatic N) is 2. The van der Waals surface area contributed by atoms with E-state index in [1.165, 1.54) is 0 Å². The van der Waals surface area contributed by atoms with E-state index in [9.17, 15) is 4.79 Å². The van der Waals surface area contributed by atoms with Gasteiger partial charge < -0.3 is 9.64 Å². The molecule has 0 saturated carbocycles. The smallest absolute Gasteiger partial charge is 0.305 e. The van der Waals surface area contributed by atoms with Crippen molar-refractivity contribution in [2.75, 3.05) is 26.2 Å². The molecule has 0 atom stereocenters. The predicted octanol–water partition coefficient (Wildman–Crippen LogP) is 2.74. The molecule has 0 aromatic carbocycles. The molecular formula is C15H26N2O2. The SMILES string of the molecule is CCOC(=O)CCCCCN1CCC(C)(C#N)CC1. The first-order valence-electron chi connectivity index (χ1n) is 7.39. The average molecular weight is 266 g/mol. The van der Waals surface area contributed by atoms with Gasteiger partial charge in [-0.15, -0.1) is 0 Å². The van der Waals surface area contributed by atoms with Crippen molar-refractivity contribution in [3.8, 4) is 6.07 Å². The predicted molar refractivity (Wildman–Crippen MR) is 74.5 cm³/mol. The molecule has 0 radical (unpaired) electrons. The molecule has 0 aromatic heterocycles. The first-order valence-corrected chi connectivity index (χ1v) is 7.39. The second-order valence-electron chi connectivity index (χ2n) is 5.63. The Morgan fingerprint density at radius 1 is 1.32 bits per heavy atom. The first-order chi connectivity index (χ1) is 9.09. The monoisotopic (exact) mass is 266 g/mol. The number of unbranched alkanes of at least 4 members (excludes halogenated alkanes) is 2. The van der Waals surface area contributed by atoms with E-state index < -0.39 is 0 Å². The molecule has 1 fully saturated rings. The Bertz CT molecular complexity index is 315. The quantitative estimate of drug-likeness (QED) is 0.525. The van der Waals surface area contributed by atoms with Crippen molar-refractivity contribution in [3.05, 3.63) is 0 Å². The van der Waals surface area contributed by atoms with E-state index in [0.717, 1.165) is 51.7 Å². The lowest BCUT2D eigenvalue weighted by Crippen LogP contribution is -2.38. The summed E-state index contributed by atoms with van der Waals surface area (Å²) in [5.41, 5.74) is -0.111. The third kappa shape index (κ3) is 6.07. The topological polar surface area (TPSA) is 53.3 Å². The number of hydrogen-bond acceptors (Lipinski definition) is 4. The zero-order valence-corrected chi connectivity index (χ0v) is 12.3. The highest BCUT2D eigenvalue weighted by Gasteiger charge is 2.29. The summed E-state index contributed by atoms with van der Waals surface area (Å²) >= 11 is 0. The van der Waals surface area contributed by atoms with Crippen molar-refractivity contribution >= 4 is 5.97 Å². The Morgan fingerprint density at radius 3 is 2.58 bits per heavy atom. The highest BCUT2D eigenvalue weighted by atomic mass is 16.5. The van der Waals surface area contributed by atoms with Crippen LogP contribution in [0.5, 0.6) is 0 Å². The van der Waals surface area contributed by atoms with Crippen molar-refractivity contribution in [1.82, 2.24) is 4.90 Å². The van der Waals surface area contributed by atoms with E-state index >= 15 is 0 Å². The van der Waals surface area contributed by atoms with Crippen LogP contribution in [0.1, 0.15) is 52.4 Å². The number of likely N-dealkylation sites (tertiary alicyclic amines) is 1. The van der Waals surface area contributed by atoms with Crippen LogP contribution in [0.3, 0.4) is 0 Å². The van der Waals surface area contributed by atoms with Gasteiger partial charge in [0.2, 0.25) is 0 Å². The van der Waals surface area contributed by atoms with E-state index in [0.29, 0.717) is 13.0 Å². The van der Waals surface area contributed by atoms with Gasteiger partial charge in [0.15, 0.2) is 0 Å². The zero-order chi connectivity index (χ0) is 14.1. The van der Waals surface area contributed by atoms with Crippen LogP contribution in [-0.4, -0.2) is 37.1 Å². The molecule has 108 valence electrons. The molecule has 0 aliphatic carbocycles. The fourth-order valence-corrected chi connectivity index (χ4v) is 2.40. The Labute approximate surface area is 116 Å². The van der Waals surface area contributed by atoms with E-state index in [1.807, 2.05) is 6.92 Å². The third-order valence-corrected chi connectivity index (χ3v) is 3.89. The second-order valence-corrected chi connectivity index (χ2v) is 5.63. The fraction of sp³-hybridized carbons (Fsp3) is 0.867. The van der Waals surface area contributed by atoms with Gasteiger partial charge in [-0.1, -0.05) is 6.42 Å². The molecule has 0 N–H and O–H groups in total. The summed E-state index contributed by atoms with van der Waals surface area (Å²) in [5.74, 6) is -0.0785. The Balaban J connectivity index is 2.03. The van der Waals surface area contributed by atoms with Gasteiger partial charge in [-0.2, -0.15) is 5.26 Å². The molecule has 0 unspecified atom stereocenters. The maximum absolute atomic E-state index is 11.1. The third-order valence-electron chi connectivity index (χ3n) is 3.89. The molecule has 4 heteroatoms. The van der Waals surface area contributed by atoms with Gasteiger partial charge in [0.25, 0.3) is 0 Å². The number of esters is 1. The molecule has 1 aliphatic rings. The van der Waals surface area contributed by atoms with Gasteiger partial charge in [-0.25, -0.2) is 0 Å². The molecule has 0 bridgehead atoms. The molecule has 1 saturated heterocycles. The minimum atomic E-state index is -0.111. The van der Waals surface area contributed by atoms with Crippen LogP contribution in [0.25, 0.3) is 0 Å². The lowest BCUT2D eigenvalue weighted by Gasteiger charge is -2.34. The summed E-state index contributed by atoms with van der Waals surface area (Å²) in [5, 5.41) is 9.07. The van der Waals surface area contributed by atoms with Gasteiger partial charge in [-0.05, 0) is 59.2 Å². The highest BCUT2D eigenvalue weighted by Crippen LogP contribution is 2.29. The van der Waals surface area contributed by atoms with Gasteiger partial charge in [0.1, 0.15) is 0 Å². The molecule has 1 rings (SSSR count). The maximum atomic E-state index is 11.1. The lowest BCUT2D eigenvalue weighted by molar-refractivity contribution is -0.143. The number of ether oxygens (including phenoxy) is 1. The van der Waals surface area contributed by atoms with Crippen molar-refractivity contribution in [2.45, 2.75) is 52.4 Å². The number of piperidine rings is 1. The first kappa shape index (κ1) is 16.0. The second kappa shape index (κ2) is 8.16. The van der Waals surface area contributed by atoms with Crippen LogP contribution in [0.15, 0.2) is 0 Å². The zero-order valence-electron chi connectivity index (χ0n) is 12.3. The van der Waals surface area contributed by atoms with Crippen molar-refractivity contribution < 1.29 is 9.53 Å². The normalized spacial score (nSPS) is 18.8. The van der Waals surface area contributed by atoms with Crippen molar-refractivity contribution in [1.29, 1.82) is 5.26 Å². The minimum absolute atomic E-state index is 0.0785. The fourth-order valence-electron chi connectivity index (χ4n) is 2.40. The van der Waals surface area contributed by atoms with Gasteiger partial charge >= 0.3 is 5.97 Å². The summed E-state index contributed by atoms with van der Waals surface area (Å²) in [7, 11) is 0. The summed E-state index contributed by atoms with van der Waals surface area (Å²) in [6, 6.07) is 2.42. The largest absolute Gasteiger partial charge is 0.466 e. The van der Waals surface area contributed by atoms with E-state index in [1.54, 1.807) is 0 Å². The molecule has 4 nitrogen and oxygen atoms in total. The van der Waals surface area contributed by atoms with Crippen LogP contribution >= 0.6 is 0 Å². The molecule has 0 amide bonds. The molecule has 1 heterocycles. The number of carbonyl (C=O) groups is 1. The number of carbonyl (C=O) groups excluding carboxylic acids is 1. The Kier molecular flexibility index (Phi) is 6.86. The van der Waals surface area contributed by atoms with Crippen LogP contribution in [0.2, 0.25) is 0 Å². The molecule has 0 aromatic rings. The van der Waals surface area contributed by atoms with Gasteiger partial charge in [-0.3, -0.25) is 4.79 Å². The molecule has 19 heavy (non-hydrogen) atoms. The maximum Gasteiger partial charge on any atom is 0.305 e. The Morgan fingerprint density at radius 2 is 2.00 bits per heavy atom. The standard InChI is InChI=1S/C15H26N2O2/c1-3-19-14(18)7-5-4-6-10-17-11-8-15(2,13-16)9-12-17/h3-12H2,1-2H3. The van der Waals surface area contributed by atoms with Crippen molar-refractivity contribution in [3.63, 3.8) is 0 Å². The minimum Gasteiger partial charge on any atom is -0.466 e. The number of hydrogen-bond donors (Lipinski definition) is 0. The molecular weight excluding hydrogens is 240 g/mol.